The van der Waals surface area contributed by atoms with E-state index in [9.17, 15) is 9.59 Å². The summed E-state index contributed by atoms with van der Waals surface area (Å²) in [6.45, 7) is 1.69. The zero-order valence-corrected chi connectivity index (χ0v) is 14.8. The summed E-state index contributed by atoms with van der Waals surface area (Å²) in [5.74, 6) is -0.0389. The van der Waals surface area contributed by atoms with Gasteiger partial charge in [0.15, 0.2) is 0 Å². The van der Waals surface area contributed by atoms with Crippen LogP contribution in [0.2, 0.25) is 0 Å². The van der Waals surface area contributed by atoms with Crippen LogP contribution in [-0.4, -0.2) is 36.0 Å². The molecule has 1 N–H and O–H groups in total. The van der Waals surface area contributed by atoms with Gasteiger partial charge >= 0.3 is 6.09 Å². The second-order valence-corrected chi connectivity index (χ2v) is 6.48. The summed E-state index contributed by atoms with van der Waals surface area (Å²) in [4.78, 5) is 26.9. The molecule has 26 heavy (non-hydrogen) atoms. The van der Waals surface area contributed by atoms with E-state index in [0.717, 1.165) is 37.1 Å². The maximum Gasteiger partial charge on any atom is 0.408 e. The van der Waals surface area contributed by atoms with Crippen LogP contribution in [0.1, 0.15) is 24.0 Å². The van der Waals surface area contributed by atoms with Crippen molar-refractivity contribution in [2.45, 2.75) is 31.9 Å². The van der Waals surface area contributed by atoms with Crippen LogP contribution >= 0.6 is 0 Å². The predicted molar refractivity (Wildman–Crippen MR) is 99.5 cm³/mol. The summed E-state index contributed by atoms with van der Waals surface area (Å²) in [5, 5.41) is 2.76. The van der Waals surface area contributed by atoms with E-state index in [1.807, 2.05) is 65.6 Å². The average molecular weight is 352 g/mol. The Balaban J connectivity index is 1.62. The molecule has 136 valence electrons. The number of hydrogen-bond donors (Lipinski definition) is 1. The highest BCUT2D eigenvalue weighted by atomic mass is 16.5. The van der Waals surface area contributed by atoms with Crippen molar-refractivity contribution in [3.8, 4) is 0 Å². The normalized spacial score (nSPS) is 14.7. The monoisotopic (exact) mass is 352 g/mol. The second-order valence-electron chi connectivity index (χ2n) is 6.48. The molecular formula is C21H24N2O3. The van der Waals surface area contributed by atoms with Crippen LogP contribution in [0.3, 0.4) is 0 Å². The molecule has 1 fully saturated rings. The molecule has 0 aliphatic carbocycles. The Morgan fingerprint density at radius 3 is 2.12 bits per heavy atom. The molecule has 0 spiro atoms. The number of rotatable bonds is 6. The molecule has 1 aliphatic rings. The number of amides is 2. The van der Waals surface area contributed by atoms with Crippen LogP contribution in [-0.2, 0) is 22.6 Å². The van der Waals surface area contributed by atoms with Gasteiger partial charge in [-0.2, -0.15) is 0 Å². The standard InChI is InChI=1S/C21H24N2O3/c24-20(23-13-7-8-14-23)19(15-17-9-3-1-4-10-17)22-21(25)26-16-18-11-5-2-6-12-18/h1-6,9-12,19H,7-8,13-16H2,(H,22,25)/t19-/m1/s1. The van der Waals surface area contributed by atoms with Gasteiger partial charge in [0.2, 0.25) is 5.91 Å². The maximum atomic E-state index is 12.8. The molecule has 0 saturated carbocycles. The maximum absolute atomic E-state index is 12.8. The van der Waals surface area contributed by atoms with Crippen molar-refractivity contribution in [2.24, 2.45) is 0 Å². The van der Waals surface area contributed by atoms with E-state index in [2.05, 4.69) is 5.32 Å². The number of ether oxygens (including phenoxy) is 1. The molecule has 0 unspecified atom stereocenters. The molecular weight excluding hydrogens is 328 g/mol. The Labute approximate surface area is 154 Å². The molecule has 5 nitrogen and oxygen atoms in total. The lowest BCUT2D eigenvalue weighted by Gasteiger charge is -2.24. The average Bonchev–Trinajstić information content (AvgIpc) is 3.22. The topological polar surface area (TPSA) is 58.6 Å². The van der Waals surface area contributed by atoms with Gasteiger partial charge in [-0.15, -0.1) is 0 Å². The molecule has 2 amide bonds. The van der Waals surface area contributed by atoms with Crippen LogP contribution in [0.25, 0.3) is 0 Å². The van der Waals surface area contributed by atoms with Gasteiger partial charge in [-0.1, -0.05) is 60.7 Å². The van der Waals surface area contributed by atoms with Crippen molar-refractivity contribution >= 4 is 12.0 Å². The van der Waals surface area contributed by atoms with Crippen LogP contribution in [0.4, 0.5) is 4.79 Å². The molecule has 0 bridgehead atoms. The lowest BCUT2D eigenvalue weighted by atomic mass is 10.1. The summed E-state index contributed by atoms with van der Waals surface area (Å²) >= 11 is 0. The van der Waals surface area contributed by atoms with E-state index in [1.165, 1.54) is 0 Å². The molecule has 1 atom stereocenters. The van der Waals surface area contributed by atoms with Gasteiger partial charge < -0.3 is 15.0 Å². The van der Waals surface area contributed by atoms with Gasteiger partial charge in [0.05, 0.1) is 0 Å². The summed E-state index contributed by atoms with van der Waals surface area (Å²) < 4.78 is 5.29. The minimum atomic E-state index is -0.612. The van der Waals surface area contributed by atoms with E-state index < -0.39 is 12.1 Å². The Kier molecular flexibility index (Phi) is 6.25. The fourth-order valence-corrected chi connectivity index (χ4v) is 3.11. The van der Waals surface area contributed by atoms with Crippen molar-refractivity contribution in [1.29, 1.82) is 0 Å². The van der Waals surface area contributed by atoms with Gasteiger partial charge in [-0.3, -0.25) is 4.79 Å². The fourth-order valence-electron chi connectivity index (χ4n) is 3.11. The van der Waals surface area contributed by atoms with Crippen molar-refractivity contribution in [1.82, 2.24) is 10.2 Å². The van der Waals surface area contributed by atoms with E-state index in [0.29, 0.717) is 6.42 Å². The molecule has 3 rings (SSSR count). The van der Waals surface area contributed by atoms with Gasteiger partial charge in [0, 0.05) is 19.5 Å². The lowest BCUT2D eigenvalue weighted by Crippen LogP contribution is -2.49. The number of alkyl carbamates (subject to hydrolysis) is 1. The second kappa shape index (κ2) is 9.04. The number of likely N-dealkylation sites (tertiary alicyclic amines) is 1. The molecule has 2 aromatic carbocycles. The first-order chi connectivity index (χ1) is 12.7. The Bertz CT molecular complexity index is 713. The van der Waals surface area contributed by atoms with Crippen LogP contribution in [0.5, 0.6) is 0 Å². The highest BCUT2D eigenvalue weighted by Crippen LogP contribution is 2.12. The summed E-state index contributed by atoms with van der Waals surface area (Å²) in [6.07, 6.45) is 1.92. The zero-order valence-electron chi connectivity index (χ0n) is 14.8. The van der Waals surface area contributed by atoms with Crippen LogP contribution < -0.4 is 5.32 Å². The quantitative estimate of drug-likeness (QED) is 0.869. The van der Waals surface area contributed by atoms with Crippen molar-refractivity contribution in [3.63, 3.8) is 0 Å². The third-order valence-electron chi connectivity index (χ3n) is 4.50. The summed E-state index contributed by atoms with van der Waals surface area (Å²) in [6, 6.07) is 18.6. The van der Waals surface area contributed by atoms with Gasteiger partial charge in [0.1, 0.15) is 12.6 Å². The first-order valence-corrected chi connectivity index (χ1v) is 9.02. The molecule has 1 heterocycles. The highest BCUT2D eigenvalue weighted by Gasteiger charge is 2.28. The first kappa shape index (κ1) is 18.0. The molecule has 1 aliphatic heterocycles. The van der Waals surface area contributed by atoms with Crippen LogP contribution in [0.15, 0.2) is 60.7 Å². The fraction of sp³-hybridized carbons (Fsp3) is 0.333. The zero-order chi connectivity index (χ0) is 18.2. The Morgan fingerprint density at radius 2 is 1.50 bits per heavy atom. The summed E-state index contributed by atoms with van der Waals surface area (Å²) in [5.41, 5.74) is 1.92. The van der Waals surface area contributed by atoms with E-state index in [-0.39, 0.29) is 12.5 Å². The summed E-state index contributed by atoms with van der Waals surface area (Å²) in [7, 11) is 0. The number of nitrogens with zero attached hydrogens (tertiary/aromatic N) is 1. The number of carbonyl (C=O) groups is 2. The van der Waals surface area contributed by atoms with Crippen molar-refractivity contribution in [2.75, 3.05) is 13.1 Å². The minimum absolute atomic E-state index is 0.0389. The van der Waals surface area contributed by atoms with Crippen molar-refractivity contribution in [3.05, 3.63) is 71.8 Å². The largest absolute Gasteiger partial charge is 0.445 e. The van der Waals surface area contributed by atoms with Gasteiger partial charge in [0.25, 0.3) is 0 Å². The third kappa shape index (κ3) is 5.09. The Hall–Kier alpha value is -2.82. The van der Waals surface area contributed by atoms with E-state index >= 15 is 0 Å². The molecule has 2 aromatic rings. The number of benzene rings is 2. The molecule has 0 aromatic heterocycles. The Morgan fingerprint density at radius 1 is 0.923 bits per heavy atom. The van der Waals surface area contributed by atoms with Crippen molar-refractivity contribution < 1.29 is 14.3 Å². The number of hydrogen-bond acceptors (Lipinski definition) is 3. The van der Waals surface area contributed by atoms with E-state index in [4.69, 9.17) is 4.74 Å². The van der Waals surface area contributed by atoms with Gasteiger partial charge in [-0.25, -0.2) is 4.79 Å². The smallest absolute Gasteiger partial charge is 0.408 e. The highest BCUT2D eigenvalue weighted by molar-refractivity contribution is 5.86. The molecule has 0 radical (unpaired) electrons. The van der Waals surface area contributed by atoms with Gasteiger partial charge in [-0.05, 0) is 24.0 Å². The number of nitrogens with one attached hydrogen (secondary N) is 1. The predicted octanol–water partition coefficient (Wildman–Crippen LogP) is 3.15. The SMILES string of the molecule is O=C(N[C@H](Cc1ccccc1)C(=O)N1CCCC1)OCc1ccccc1. The first-order valence-electron chi connectivity index (χ1n) is 9.02. The lowest BCUT2D eigenvalue weighted by molar-refractivity contribution is -0.132. The number of carbonyl (C=O) groups excluding carboxylic acids is 2. The van der Waals surface area contributed by atoms with Crippen LogP contribution in [0, 0.1) is 0 Å². The molecule has 1 saturated heterocycles. The van der Waals surface area contributed by atoms with E-state index in [1.54, 1.807) is 0 Å². The minimum Gasteiger partial charge on any atom is -0.445 e. The third-order valence-corrected chi connectivity index (χ3v) is 4.50. The molecule has 5 heteroatoms.